The zero-order valence-electron chi connectivity index (χ0n) is 10.1. The van der Waals surface area contributed by atoms with Crippen LogP contribution in [0.4, 0.5) is 0 Å². The largest absolute Gasteiger partial charge is 0.320 e. The molecule has 0 atom stereocenters. The molecule has 0 fully saturated rings. The number of rotatable bonds is 7. The Labute approximate surface area is 93.9 Å². The van der Waals surface area contributed by atoms with Gasteiger partial charge in [-0.15, -0.1) is 0 Å². The highest BCUT2D eigenvalue weighted by atomic mass is 14.8. The molecule has 0 aliphatic rings. The van der Waals surface area contributed by atoms with Crippen LogP contribution in [0.1, 0.15) is 37.3 Å². The third-order valence-electron chi connectivity index (χ3n) is 2.70. The molecular formula is C14H23N. The maximum atomic E-state index is 3.19. The maximum Gasteiger partial charge on any atom is -0.00488 e. The van der Waals surface area contributed by atoms with Crippen LogP contribution in [0, 0.1) is 0 Å². The molecule has 0 spiro atoms. The Hall–Kier alpha value is -0.820. The standard InChI is InChI=1S/C14H23N/c1-3-4-7-13-8-5-9-14(12-13)10-6-11-15-2/h5,8-9,12,15H,3-4,6-7,10-11H2,1-2H3. The van der Waals surface area contributed by atoms with Gasteiger partial charge in [-0.1, -0.05) is 37.6 Å². The zero-order chi connectivity index (χ0) is 10.9. The summed E-state index contributed by atoms with van der Waals surface area (Å²) in [5.41, 5.74) is 2.98. The average molecular weight is 205 g/mol. The first-order chi connectivity index (χ1) is 7.36. The molecule has 1 N–H and O–H groups in total. The van der Waals surface area contributed by atoms with Gasteiger partial charge in [0.15, 0.2) is 0 Å². The molecule has 0 aliphatic carbocycles. The Kier molecular flexibility index (Phi) is 6.10. The van der Waals surface area contributed by atoms with Crippen molar-refractivity contribution in [2.45, 2.75) is 39.0 Å². The Morgan fingerprint density at radius 2 is 1.73 bits per heavy atom. The normalized spacial score (nSPS) is 10.5. The minimum atomic E-state index is 1.11. The smallest absolute Gasteiger partial charge is 0.00488 e. The Bertz CT molecular complexity index is 268. The lowest BCUT2D eigenvalue weighted by molar-refractivity contribution is 0.723. The van der Waals surface area contributed by atoms with Crippen LogP contribution in [0.15, 0.2) is 24.3 Å². The molecule has 0 heterocycles. The summed E-state index contributed by atoms with van der Waals surface area (Å²) in [6.45, 7) is 3.36. The predicted molar refractivity (Wildman–Crippen MR) is 67.3 cm³/mol. The summed E-state index contributed by atoms with van der Waals surface area (Å²) in [4.78, 5) is 0. The van der Waals surface area contributed by atoms with Gasteiger partial charge in [0, 0.05) is 0 Å². The molecule has 1 aromatic carbocycles. The summed E-state index contributed by atoms with van der Waals surface area (Å²) in [5, 5.41) is 3.19. The van der Waals surface area contributed by atoms with Crippen LogP contribution in [0.3, 0.4) is 0 Å². The van der Waals surface area contributed by atoms with E-state index in [1.165, 1.54) is 43.2 Å². The first-order valence-corrected chi connectivity index (χ1v) is 6.09. The predicted octanol–water partition coefficient (Wildman–Crippen LogP) is 3.18. The fourth-order valence-electron chi connectivity index (χ4n) is 1.79. The molecule has 0 amide bonds. The van der Waals surface area contributed by atoms with Crippen LogP contribution in [0.2, 0.25) is 0 Å². The molecule has 1 heteroatoms. The molecule has 0 saturated heterocycles. The molecule has 0 bridgehead atoms. The summed E-state index contributed by atoms with van der Waals surface area (Å²) in [5.74, 6) is 0. The minimum absolute atomic E-state index is 1.11. The van der Waals surface area contributed by atoms with Gasteiger partial charge in [0.25, 0.3) is 0 Å². The van der Waals surface area contributed by atoms with E-state index in [1.54, 1.807) is 0 Å². The van der Waals surface area contributed by atoms with E-state index >= 15 is 0 Å². The lowest BCUT2D eigenvalue weighted by Gasteiger charge is -2.04. The molecule has 0 aliphatic heterocycles. The van der Waals surface area contributed by atoms with Gasteiger partial charge in [0.05, 0.1) is 0 Å². The van der Waals surface area contributed by atoms with E-state index in [0.29, 0.717) is 0 Å². The molecule has 0 saturated carbocycles. The van der Waals surface area contributed by atoms with Crippen molar-refractivity contribution in [3.05, 3.63) is 35.4 Å². The minimum Gasteiger partial charge on any atom is -0.320 e. The van der Waals surface area contributed by atoms with E-state index in [1.807, 2.05) is 7.05 Å². The van der Waals surface area contributed by atoms with Gasteiger partial charge in [-0.25, -0.2) is 0 Å². The molecule has 0 aromatic heterocycles. The summed E-state index contributed by atoms with van der Waals surface area (Å²) in [6.07, 6.45) is 6.24. The molecule has 1 rings (SSSR count). The molecule has 15 heavy (non-hydrogen) atoms. The fraction of sp³-hybridized carbons (Fsp3) is 0.571. The highest BCUT2D eigenvalue weighted by Crippen LogP contribution is 2.10. The highest BCUT2D eigenvalue weighted by molar-refractivity contribution is 5.23. The van der Waals surface area contributed by atoms with Gasteiger partial charge in [0.1, 0.15) is 0 Å². The quantitative estimate of drug-likeness (QED) is 0.674. The van der Waals surface area contributed by atoms with E-state index in [0.717, 1.165) is 6.54 Å². The van der Waals surface area contributed by atoms with E-state index in [9.17, 15) is 0 Å². The van der Waals surface area contributed by atoms with Crippen molar-refractivity contribution in [2.75, 3.05) is 13.6 Å². The van der Waals surface area contributed by atoms with Crippen molar-refractivity contribution in [1.82, 2.24) is 5.32 Å². The molecular weight excluding hydrogens is 182 g/mol. The van der Waals surface area contributed by atoms with Gasteiger partial charge in [0.2, 0.25) is 0 Å². The van der Waals surface area contributed by atoms with E-state index in [-0.39, 0.29) is 0 Å². The van der Waals surface area contributed by atoms with Crippen LogP contribution in [-0.2, 0) is 12.8 Å². The Balaban J connectivity index is 2.42. The Morgan fingerprint density at radius 3 is 2.33 bits per heavy atom. The van der Waals surface area contributed by atoms with E-state index < -0.39 is 0 Å². The van der Waals surface area contributed by atoms with Crippen molar-refractivity contribution in [3.8, 4) is 0 Å². The number of hydrogen-bond acceptors (Lipinski definition) is 1. The van der Waals surface area contributed by atoms with E-state index in [2.05, 4.69) is 36.5 Å². The second-order valence-electron chi connectivity index (χ2n) is 4.13. The second-order valence-corrected chi connectivity index (χ2v) is 4.13. The van der Waals surface area contributed by atoms with Crippen LogP contribution < -0.4 is 5.32 Å². The number of nitrogens with one attached hydrogen (secondary N) is 1. The summed E-state index contributed by atoms with van der Waals surface area (Å²) >= 11 is 0. The summed E-state index contributed by atoms with van der Waals surface area (Å²) in [7, 11) is 2.01. The average Bonchev–Trinajstić information content (AvgIpc) is 2.27. The summed E-state index contributed by atoms with van der Waals surface area (Å²) < 4.78 is 0. The van der Waals surface area contributed by atoms with Gasteiger partial charge >= 0.3 is 0 Å². The number of hydrogen-bond donors (Lipinski definition) is 1. The van der Waals surface area contributed by atoms with Crippen LogP contribution >= 0.6 is 0 Å². The third kappa shape index (κ3) is 4.98. The topological polar surface area (TPSA) is 12.0 Å². The van der Waals surface area contributed by atoms with Crippen LogP contribution in [0.25, 0.3) is 0 Å². The molecule has 84 valence electrons. The first kappa shape index (κ1) is 12.3. The van der Waals surface area contributed by atoms with Gasteiger partial charge in [-0.05, 0) is 50.4 Å². The lowest BCUT2D eigenvalue weighted by Crippen LogP contribution is -2.08. The molecule has 0 unspecified atom stereocenters. The van der Waals surface area contributed by atoms with Gasteiger partial charge < -0.3 is 5.32 Å². The van der Waals surface area contributed by atoms with Crippen molar-refractivity contribution in [2.24, 2.45) is 0 Å². The maximum absolute atomic E-state index is 3.19. The van der Waals surface area contributed by atoms with Crippen molar-refractivity contribution < 1.29 is 0 Å². The SMILES string of the molecule is CCCCc1cccc(CCCNC)c1. The lowest BCUT2D eigenvalue weighted by atomic mass is 10.0. The zero-order valence-corrected chi connectivity index (χ0v) is 10.1. The van der Waals surface area contributed by atoms with Gasteiger partial charge in [-0.2, -0.15) is 0 Å². The monoisotopic (exact) mass is 205 g/mol. The number of benzene rings is 1. The number of aryl methyl sites for hydroxylation is 2. The van der Waals surface area contributed by atoms with Gasteiger partial charge in [-0.3, -0.25) is 0 Å². The molecule has 1 nitrogen and oxygen atoms in total. The number of unbranched alkanes of at least 4 members (excludes halogenated alkanes) is 1. The molecule has 0 radical (unpaired) electrons. The Morgan fingerprint density at radius 1 is 1.07 bits per heavy atom. The van der Waals surface area contributed by atoms with Crippen molar-refractivity contribution >= 4 is 0 Å². The van der Waals surface area contributed by atoms with Crippen LogP contribution in [0.5, 0.6) is 0 Å². The van der Waals surface area contributed by atoms with Crippen LogP contribution in [-0.4, -0.2) is 13.6 Å². The first-order valence-electron chi connectivity index (χ1n) is 6.09. The third-order valence-corrected chi connectivity index (χ3v) is 2.70. The van der Waals surface area contributed by atoms with E-state index in [4.69, 9.17) is 0 Å². The second kappa shape index (κ2) is 7.47. The fourth-order valence-corrected chi connectivity index (χ4v) is 1.79. The van der Waals surface area contributed by atoms with Crippen molar-refractivity contribution in [3.63, 3.8) is 0 Å². The summed E-state index contributed by atoms with van der Waals surface area (Å²) in [6, 6.07) is 9.05. The highest BCUT2D eigenvalue weighted by Gasteiger charge is 1.96. The molecule has 1 aromatic rings. The van der Waals surface area contributed by atoms with Crippen molar-refractivity contribution in [1.29, 1.82) is 0 Å².